The fourth-order valence-electron chi connectivity index (χ4n) is 2.11. The predicted octanol–water partition coefficient (Wildman–Crippen LogP) is 1.78. The lowest BCUT2D eigenvalue weighted by Gasteiger charge is -2.13. The zero-order valence-corrected chi connectivity index (χ0v) is 16.5. The van der Waals surface area contributed by atoms with E-state index >= 15 is 0 Å². The molecule has 0 spiro atoms. The van der Waals surface area contributed by atoms with Gasteiger partial charge in [-0.1, -0.05) is 0 Å². The highest BCUT2D eigenvalue weighted by Crippen LogP contribution is 2.28. The lowest BCUT2D eigenvalue weighted by Crippen LogP contribution is -2.30. The maximum Gasteiger partial charge on any atom is 0.343 e. The van der Waals surface area contributed by atoms with E-state index < -0.39 is 48.6 Å². The normalized spacial score (nSPS) is 10.1. The van der Waals surface area contributed by atoms with Crippen LogP contribution < -0.4 is 5.43 Å². The van der Waals surface area contributed by atoms with E-state index in [2.05, 4.69) is 0 Å². The average molecular weight is 400 g/mol. The summed E-state index contributed by atoms with van der Waals surface area (Å²) in [5, 5.41) is -0.673. The standard InChI is InChI=1S/C17H21O9P/c1-5-23-14(19)9-11(18)10(15(20)24-6-2)13(17(22)26-8-4)27-12(9)16(21)25-7-3/h27H,5-8H2,1-4H3. The van der Waals surface area contributed by atoms with E-state index in [-0.39, 0.29) is 37.0 Å². The number of hydrogen-bond acceptors (Lipinski definition) is 9. The van der Waals surface area contributed by atoms with Crippen molar-refractivity contribution in [3.8, 4) is 0 Å². The zero-order valence-electron chi connectivity index (χ0n) is 15.5. The topological polar surface area (TPSA) is 122 Å². The first-order valence-corrected chi connectivity index (χ1v) is 9.32. The van der Waals surface area contributed by atoms with Crippen LogP contribution in [0.1, 0.15) is 68.6 Å². The van der Waals surface area contributed by atoms with Crippen LogP contribution >= 0.6 is 8.19 Å². The maximum atomic E-state index is 12.9. The average Bonchev–Trinajstić information content (AvgIpc) is 2.61. The Balaban J connectivity index is 3.84. The summed E-state index contributed by atoms with van der Waals surface area (Å²) in [6, 6.07) is 0. The van der Waals surface area contributed by atoms with Gasteiger partial charge in [-0.15, -0.1) is 8.19 Å². The van der Waals surface area contributed by atoms with Gasteiger partial charge in [0.1, 0.15) is 11.1 Å². The van der Waals surface area contributed by atoms with Gasteiger partial charge in [-0.05, 0) is 27.7 Å². The molecule has 10 heteroatoms. The minimum atomic E-state index is -1.13. The molecule has 0 aliphatic heterocycles. The molecule has 0 unspecified atom stereocenters. The van der Waals surface area contributed by atoms with E-state index in [0.29, 0.717) is 0 Å². The summed E-state index contributed by atoms with van der Waals surface area (Å²) >= 11 is 0. The second kappa shape index (κ2) is 10.5. The van der Waals surface area contributed by atoms with Crippen LogP contribution in [0, 0.1) is 0 Å². The van der Waals surface area contributed by atoms with Crippen molar-refractivity contribution >= 4 is 32.1 Å². The first-order valence-electron chi connectivity index (χ1n) is 8.32. The molecule has 0 bridgehead atoms. The first kappa shape index (κ1) is 22.4. The van der Waals surface area contributed by atoms with Crippen LogP contribution in [-0.2, 0) is 18.9 Å². The van der Waals surface area contributed by atoms with Gasteiger partial charge in [-0.2, -0.15) is 0 Å². The Kier molecular flexibility index (Phi) is 8.68. The fourth-order valence-corrected chi connectivity index (χ4v) is 3.39. The molecule has 0 saturated heterocycles. The largest absolute Gasteiger partial charge is 0.462 e. The second-order valence-corrected chi connectivity index (χ2v) is 6.09. The van der Waals surface area contributed by atoms with Crippen molar-refractivity contribution in [3.63, 3.8) is 0 Å². The quantitative estimate of drug-likeness (QED) is 0.475. The fraction of sp³-hybridized carbons (Fsp3) is 0.471. The van der Waals surface area contributed by atoms with Crippen LogP contribution in [0.4, 0.5) is 0 Å². The van der Waals surface area contributed by atoms with Gasteiger partial charge in [0.2, 0.25) is 5.43 Å². The Bertz CT molecular complexity index is 733. The van der Waals surface area contributed by atoms with Crippen LogP contribution in [0.5, 0.6) is 0 Å². The lowest BCUT2D eigenvalue weighted by atomic mass is 10.1. The number of carbonyl (C=O) groups excluding carboxylic acids is 4. The highest BCUT2D eigenvalue weighted by atomic mass is 31.0. The molecule has 0 saturated carbocycles. The highest BCUT2D eigenvalue weighted by molar-refractivity contribution is 7.35. The minimum absolute atomic E-state index is 0.0136. The Hall–Kier alpha value is -2.67. The third-order valence-corrected chi connectivity index (χ3v) is 4.53. The van der Waals surface area contributed by atoms with E-state index in [1.54, 1.807) is 13.8 Å². The van der Waals surface area contributed by atoms with Crippen LogP contribution in [0.25, 0.3) is 0 Å². The van der Waals surface area contributed by atoms with E-state index in [1.165, 1.54) is 13.8 Å². The van der Waals surface area contributed by atoms with Crippen LogP contribution in [0.15, 0.2) is 4.79 Å². The monoisotopic (exact) mass is 400 g/mol. The SMILES string of the molecule is CCOC(=O)c1[pH]c(C(=O)OCC)c(C(=O)OCC)c(=O)c1C(=O)OCC. The molecule has 0 fully saturated rings. The van der Waals surface area contributed by atoms with Gasteiger partial charge < -0.3 is 18.9 Å². The summed E-state index contributed by atoms with van der Waals surface area (Å²) in [6.07, 6.45) is 0. The van der Waals surface area contributed by atoms with E-state index in [9.17, 15) is 24.0 Å². The van der Waals surface area contributed by atoms with Crippen molar-refractivity contribution in [3.05, 3.63) is 31.9 Å². The predicted molar refractivity (Wildman–Crippen MR) is 96.0 cm³/mol. The van der Waals surface area contributed by atoms with Crippen LogP contribution in [-0.4, -0.2) is 50.3 Å². The lowest BCUT2D eigenvalue weighted by molar-refractivity contribution is 0.0469. The molecule has 0 atom stereocenters. The Morgan fingerprint density at radius 2 is 0.926 bits per heavy atom. The maximum absolute atomic E-state index is 12.9. The molecule has 148 valence electrons. The molecule has 0 radical (unpaired) electrons. The summed E-state index contributed by atoms with van der Waals surface area (Å²) in [5.41, 5.74) is -2.40. The van der Waals surface area contributed by atoms with Crippen LogP contribution in [0.2, 0.25) is 0 Å². The molecule has 0 aliphatic rings. The molecule has 1 aromatic heterocycles. The van der Waals surface area contributed by atoms with Crippen molar-refractivity contribution < 1.29 is 38.1 Å². The summed E-state index contributed by atoms with van der Waals surface area (Å²) in [6.45, 7) is 5.98. The summed E-state index contributed by atoms with van der Waals surface area (Å²) in [7, 11) is -0.807. The second-order valence-electron chi connectivity index (χ2n) is 4.84. The van der Waals surface area contributed by atoms with Crippen molar-refractivity contribution in [2.75, 3.05) is 26.4 Å². The zero-order chi connectivity index (χ0) is 20.6. The van der Waals surface area contributed by atoms with E-state index in [4.69, 9.17) is 18.9 Å². The summed E-state index contributed by atoms with van der Waals surface area (Å²) in [4.78, 5) is 61.9. The van der Waals surface area contributed by atoms with E-state index in [0.717, 1.165) is 0 Å². The molecule has 1 aromatic rings. The molecule has 1 heterocycles. The number of esters is 4. The van der Waals surface area contributed by atoms with E-state index in [1.807, 2.05) is 0 Å². The molecule has 9 nitrogen and oxygen atoms in total. The van der Waals surface area contributed by atoms with Gasteiger partial charge in [0.15, 0.2) is 0 Å². The molecule has 0 aliphatic carbocycles. The molecule has 0 aromatic carbocycles. The highest BCUT2D eigenvalue weighted by Gasteiger charge is 2.33. The van der Waals surface area contributed by atoms with Gasteiger partial charge in [-0.3, -0.25) is 4.79 Å². The first-order chi connectivity index (χ1) is 12.8. The van der Waals surface area contributed by atoms with Crippen molar-refractivity contribution in [2.45, 2.75) is 27.7 Å². The Morgan fingerprint density at radius 1 is 0.630 bits per heavy atom. The number of carbonyl (C=O) groups is 4. The van der Waals surface area contributed by atoms with Gasteiger partial charge in [0.25, 0.3) is 0 Å². The molecule has 0 N–H and O–H groups in total. The third kappa shape index (κ3) is 5.17. The summed E-state index contributed by atoms with van der Waals surface area (Å²) < 4.78 is 19.4. The Labute approximate surface area is 157 Å². The van der Waals surface area contributed by atoms with Crippen LogP contribution in [0.3, 0.4) is 0 Å². The van der Waals surface area contributed by atoms with Gasteiger partial charge >= 0.3 is 23.9 Å². The summed E-state index contributed by atoms with van der Waals surface area (Å²) in [5.74, 6) is -4.06. The van der Waals surface area contributed by atoms with Crippen molar-refractivity contribution in [1.29, 1.82) is 0 Å². The number of hydrogen-bond donors (Lipinski definition) is 0. The number of rotatable bonds is 8. The molecule has 0 amide bonds. The molecular formula is C17H21O9P. The van der Waals surface area contributed by atoms with Gasteiger partial charge in [-0.25, -0.2) is 19.2 Å². The Morgan fingerprint density at radius 3 is 1.22 bits per heavy atom. The van der Waals surface area contributed by atoms with Gasteiger partial charge in [0, 0.05) is 0 Å². The molecule has 27 heavy (non-hydrogen) atoms. The smallest absolute Gasteiger partial charge is 0.343 e. The minimum Gasteiger partial charge on any atom is -0.462 e. The number of ether oxygens (including phenoxy) is 4. The van der Waals surface area contributed by atoms with Crippen molar-refractivity contribution in [1.82, 2.24) is 0 Å². The van der Waals surface area contributed by atoms with Crippen molar-refractivity contribution in [2.24, 2.45) is 0 Å². The van der Waals surface area contributed by atoms with Gasteiger partial charge in [0.05, 0.1) is 37.0 Å². The third-order valence-electron chi connectivity index (χ3n) is 3.12. The molecule has 1 rings (SSSR count). The molecular weight excluding hydrogens is 379 g/mol.